The van der Waals surface area contributed by atoms with Crippen molar-refractivity contribution < 1.29 is 5.11 Å². The largest absolute Gasteiger partial charge is 0.391 e. The van der Waals surface area contributed by atoms with Gasteiger partial charge in [0.15, 0.2) is 0 Å². The van der Waals surface area contributed by atoms with Crippen molar-refractivity contribution in [3.05, 3.63) is 34.9 Å². The second kappa shape index (κ2) is 4.30. The summed E-state index contributed by atoms with van der Waals surface area (Å²) in [6, 6.07) is 7.93. The van der Waals surface area contributed by atoms with Gasteiger partial charge in [-0.3, -0.25) is 0 Å². The van der Waals surface area contributed by atoms with Gasteiger partial charge in [-0.05, 0) is 24.6 Å². The van der Waals surface area contributed by atoms with Gasteiger partial charge in [-0.2, -0.15) is 0 Å². The Kier molecular flexibility index (Phi) is 3.06. The molecule has 2 unspecified atom stereocenters. The van der Waals surface area contributed by atoms with E-state index in [-0.39, 0.29) is 12.1 Å². The Morgan fingerprint density at radius 3 is 2.79 bits per heavy atom. The van der Waals surface area contributed by atoms with Gasteiger partial charge < -0.3 is 10.4 Å². The van der Waals surface area contributed by atoms with E-state index in [1.807, 2.05) is 24.3 Å². The third-order valence-electron chi connectivity index (χ3n) is 2.71. The van der Waals surface area contributed by atoms with Crippen LogP contribution in [0.4, 0.5) is 0 Å². The first-order chi connectivity index (χ1) is 6.77. The molecule has 2 N–H and O–H groups in total. The molecule has 0 aromatic heterocycles. The van der Waals surface area contributed by atoms with Crippen LogP contribution in [0.3, 0.4) is 0 Å². The third-order valence-corrected chi connectivity index (χ3v) is 3.08. The van der Waals surface area contributed by atoms with Gasteiger partial charge in [0, 0.05) is 17.5 Å². The SMILES string of the molecule is OC(Cc1ccccc1Cl)C1CCN1. The molecular weight excluding hydrogens is 198 g/mol. The van der Waals surface area contributed by atoms with Crippen LogP contribution in [0.2, 0.25) is 5.02 Å². The first-order valence-electron chi connectivity index (χ1n) is 4.92. The Bertz CT molecular complexity index is 312. The quantitative estimate of drug-likeness (QED) is 0.796. The van der Waals surface area contributed by atoms with Gasteiger partial charge in [-0.1, -0.05) is 29.8 Å². The fourth-order valence-corrected chi connectivity index (χ4v) is 1.88. The molecule has 14 heavy (non-hydrogen) atoms. The van der Waals surface area contributed by atoms with Crippen molar-refractivity contribution in [2.24, 2.45) is 0 Å². The van der Waals surface area contributed by atoms with Gasteiger partial charge in [0.2, 0.25) is 0 Å². The average molecular weight is 212 g/mol. The maximum atomic E-state index is 9.83. The van der Waals surface area contributed by atoms with E-state index in [2.05, 4.69) is 5.32 Å². The standard InChI is InChI=1S/C11H14ClNO/c12-9-4-2-1-3-8(9)7-11(14)10-5-6-13-10/h1-4,10-11,13-14H,5-7H2. The zero-order valence-electron chi connectivity index (χ0n) is 7.91. The summed E-state index contributed by atoms with van der Waals surface area (Å²) in [5.74, 6) is 0. The predicted octanol–water partition coefficient (Wildman–Crippen LogP) is 1.61. The minimum absolute atomic E-state index is 0.256. The molecule has 76 valence electrons. The van der Waals surface area contributed by atoms with Gasteiger partial charge in [-0.25, -0.2) is 0 Å². The number of benzene rings is 1. The highest BCUT2D eigenvalue weighted by molar-refractivity contribution is 6.31. The second-order valence-corrected chi connectivity index (χ2v) is 4.12. The van der Waals surface area contributed by atoms with E-state index in [4.69, 9.17) is 11.6 Å². The monoisotopic (exact) mass is 211 g/mol. The van der Waals surface area contributed by atoms with Crippen molar-refractivity contribution in [1.29, 1.82) is 0 Å². The fourth-order valence-electron chi connectivity index (χ4n) is 1.67. The molecule has 2 rings (SSSR count). The molecule has 2 atom stereocenters. The molecule has 1 aromatic rings. The van der Waals surface area contributed by atoms with Crippen LogP contribution in [-0.4, -0.2) is 23.8 Å². The second-order valence-electron chi connectivity index (χ2n) is 3.71. The molecule has 1 aliphatic rings. The summed E-state index contributed by atoms with van der Waals surface area (Å²) >= 11 is 6.00. The van der Waals surface area contributed by atoms with E-state index in [0.29, 0.717) is 6.42 Å². The normalized spacial score (nSPS) is 22.9. The lowest BCUT2D eigenvalue weighted by Gasteiger charge is -2.32. The molecular formula is C11H14ClNO. The fraction of sp³-hybridized carbons (Fsp3) is 0.455. The lowest BCUT2D eigenvalue weighted by Crippen LogP contribution is -2.51. The van der Waals surface area contributed by atoms with E-state index in [9.17, 15) is 5.11 Å². The minimum Gasteiger partial charge on any atom is -0.391 e. The molecule has 1 aliphatic heterocycles. The van der Waals surface area contributed by atoms with Crippen molar-refractivity contribution in [3.63, 3.8) is 0 Å². The number of aliphatic hydroxyl groups excluding tert-OH is 1. The summed E-state index contributed by atoms with van der Waals surface area (Å²) in [4.78, 5) is 0. The highest BCUT2D eigenvalue weighted by Crippen LogP contribution is 2.19. The molecule has 1 heterocycles. The van der Waals surface area contributed by atoms with Crippen LogP contribution in [0.1, 0.15) is 12.0 Å². The average Bonchev–Trinajstić information content (AvgIpc) is 2.05. The van der Waals surface area contributed by atoms with E-state index in [1.165, 1.54) is 0 Å². The van der Waals surface area contributed by atoms with Crippen LogP contribution in [0, 0.1) is 0 Å². The summed E-state index contributed by atoms with van der Waals surface area (Å²) in [6.45, 7) is 1.02. The van der Waals surface area contributed by atoms with Gasteiger partial charge in [0.1, 0.15) is 0 Å². The van der Waals surface area contributed by atoms with Gasteiger partial charge in [-0.15, -0.1) is 0 Å². The predicted molar refractivity (Wildman–Crippen MR) is 57.6 cm³/mol. The molecule has 0 bridgehead atoms. The zero-order chi connectivity index (χ0) is 9.97. The number of halogens is 1. The lowest BCUT2D eigenvalue weighted by molar-refractivity contribution is 0.0956. The van der Waals surface area contributed by atoms with Gasteiger partial charge in [0.05, 0.1) is 6.10 Å². The maximum absolute atomic E-state index is 9.83. The minimum atomic E-state index is -0.316. The van der Waals surface area contributed by atoms with Gasteiger partial charge in [0.25, 0.3) is 0 Å². The van der Waals surface area contributed by atoms with Crippen molar-refractivity contribution >= 4 is 11.6 Å². The first-order valence-corrected chi connectivity index (χ1v) is 5.30. The van der Waals surface area contributed by atoms with Crippen LogP contribution in [-0.2, 0) is 6.42 Å². The lowest BCUT2D eigenvalue weighted by atomic mass is 9.95. The Labute approximate surface area is 88.9 Å². The highest BCUT2D eigenvalue weighted by atomic mass is 35.5. The Morgan fingerprint density at radius 2 is 2.21 bits per heavy atom. The molecule has 0 radical (unpaired) electrons. The first kappa shape index (κ1) is 9.97. The van der Waals surface area contributed by atoms with E-state index < -0.39 is 0 Å². The summed E-state index contributed by atoms with van der Waals surface area (Å²) in [6.07, 6.45) is 1.38. The summed E-state index contributed by atoms with van der Waals surface area (Å²) in [5.41, 5.74) is 1.02. The van der Waals surface area contributed by atoms with Crippen molar-refractivity contribution in [2.75, 3.05) is 6.54 Å². The van der Waals surface area contributed by atoms with Crippen molar-refractivity contribution in [3.8, 4) is 0 Å². The number of rotatable bonds is 3. The number of hydrogen-bond acceptors (Lipinski definition) is 2. The Balaban J connectivity index is 1.99. The topological polar surface area (TPSA) is 32.3 Å². The molecule has 0 amide bonds. The van der Waals surface area contributed by atoms with E-state index in [1.54, 1.807) is 0 Å². The summed E-state index contributed by atoms with van der Waals surface area (Å²) in [5, 5.41) is 13.8. The molecule has 2 nitrogen and oxygen atoms in total. The van der Waals surface area contributed by atoms with Crippen molar-refractivity contribution in [1.82, 2.24) is 5.32 Å². The smallest absolute Gasteiger partial charge is 0.0734 e. The van der Waals surface area contributed by atoms with E-state index >= 15 is 0 Å². The Morgan fingerprint density at radius 1 is 1.50 bits per heavy atom. The molecule has 0 aliphatic carbocycles. The summed E-state index contributed by atoms with van der Waals surface area (Å²) in [7, 11) is 0. The van der Waals surface area contributed by atoms with Crippen LogP contribution in [0.5, 0.6) is 0 Å². The van der Waals surface area contributed by atoms with Gasteiger partial charge >= 0.3 is 0 Å². The number of aliphatic hydroxyl groups is 1. The molecule has 1 aromatic carbocycles. The third kappa shape index (κ3) is 2.08. The molecule has 0 spiro atoms. The van der Waals surface area contributed by atoms with Crippen LogP contribution in [0.15, 0.2) is 24.3 Å². The molecule has 3 heteroatoms. The summed E-state index contributed by atoms with van der Waals surface area (Å²) < 4.78 is 0. The van der Waals surface area contributed by atoms with Crippen LogP contribution in [0.25, 0.3) is 0 Å². The Hall–Kier alpha value is -0.570. The van der Waals surface area contributed by atoms with Crippen molar-refractivity contribution in [2.45, 2.75) is 25.0 Å². The molecule has 0 saturated carbocycles. The zero-order valence-corrected chi connectivity index (χ0v) is 8.67. The number of nitrogens with one attached hydrogen (secondary N) is 1. The van der Waals surface area contributed by atoms with Crippen LogP contribution >= 0.6 is 11.6 Å². The van der Waals surface area contributed by atoms with E-state index in [0.717, 1.165) is 23.6 Å². The molecule has 1 fully saturated rings. The molecule has 1 saturated heterocycles. The van der Waals surface area contributed by atoms with Crippen LogP contribution < -0.4 is 5.32 Å². The highest BCUT2D eigenvalue weighted by Gasteiger charge is 2.25. The number of hydrogen-bond donors (Lipinski definition) is 2. The maximum Gasteiger partial charge on any atom is 0.0734 e.